The topological polar surface area (TPSA) is 58.2 Å². The molecule has 2 atom stereocenters. The van der Waals surface area contributed by atoms with Crippen LogP contribution in [0.3, 0.4) is 0 Å². The van der Waals surface area contributed by atoms with Gasteiger partial charge < -0.3 is 10.6 Å². The van der Waals surface area contributed by atoms with E-state index in [1.165, 1.54) is 25.7 Å². The van der Waals surface area contributed by atoms with E-state index in [1.807, 2.05) is 6.92 Å². The Hall–Kier alpha value is -0.580. The van der Waals surface area contributed by atoms with Crippen molar-refractivity contribution in [3.63, 3.8) is 0 Å². The second-order valence-corrected chi connectivity index (χ2v) is 8.64. The molecule has 0 spiro atoms. The molecule has 0 unspecified atom stereocenters. The normalized spacial score (nSPS) is 22.0. The summed E-state index contributed by atoms with van der Waals surface area (Å²) in [6.07, 6.45) is 7.38. The summed E-state index contributed by atoms with van der Waals surface area (Å²) in [5.41, 5.74) is 0.477. The molecule has 4 nitrogen and oxygen atoms in total. The highest BCUT2D eigenvalue weighted by molar-refractivity contribution is 7.84. The number of hydrogen-bond donors (Lipinski definition) is 2. The van der Waals surface area contributed by atoms with Gasteiger partial charge in [-0.25, -0.2) is 4.79 Å². The predicted molar refractivity (Wildman–Crippen MR) is 85.3 cm³/mol. The van der Waals surface area contributed by atoms with Crippen LogP contribution in [0.5, 0.6) is 0 Å². The van der Waals surface area contributed by atoms with E-state index < -0.39 is 10.8 Å². The van der Waals surface area contributed by atoms with Crippen molar-refractivity contribution in [1.29, 1.82) is 0 Å². The zero-order valence-corrected chi connectivity index (χ0v) is 14.1. The van der Waals surface area contributed by atoms with E-state index in [1.54, 1.807) is 6.26 Å². The number of carbonyl (C=O) groups is 1. The van der Waals surface area contributed by atoms with Crippen molar-refractivity contribution < 1.29 is 9.00 Å². The van der Waals surface area contributed by atoms with Gasteiger partial charge in [-0.15, -0.1) is 0 Å². The Morgan fingerprint density at radius 1 is 1.30 bits per heavy atom. The fourth-order valence-electron chi connectivity index (χ4n) is 2.52. The lowest BCUT2D eigenvalue weighted by atomic mass is 9.73. The molecule has 0 aromatic carbocycles. The molecule has 1 saturated carbocycles. The number of carbonyl (C=O) groups excluding carboxylic acids is 1. The van der Waals surface area contributed by atoms with Crippen LogP contribution in [0.4, 0.5) is 4.79 Å². The molecule has 0 aliphatic heterocycles. The molecule has 1 rings (SSSR count). The first-order valence-corrected chi connectivity index (χ1v) is 9.26. The van der Waals surface area contributed by atoms with E-state index >= 15 is 0 Å². The van der Waals surface area contributed by atoms with Crippen LogP contribution < -0.4 is 10.6 Å². The minimum Gasteiger partial charge on any atom is -0.338 e. The van der Waals surface area contributed by atoms with Gasteiger partial charge in [-0.2, -0.15) is 0 Å². The summed E-state index contributed by atoms with van der Waals surface area (Å²) in [4.78, 5) is 11.7. The molecule has 1 fully saturated rings. The second-order valence-electron chi connectivity index (χ2n) is 6.84. The van der Waals surface area contributed by atoms with Crippen LogP contribution in [-0.2, 0) is 10.8 Å². The van der Waals surface area contributed by atoms with Crippen LogP contribution in [-0.4, -0.2) is 34.8 Å². The van der Waals surface area contributed by atoms with Crippen molar-refractivity contribution in [3.8, 4) is 0 Å². The van der Waals surface area contributed by atoms with Gasteiger partial charge in [-0.05, 0) is 43.4 Å². The first-order valence-electron chi connectivity index (χ1n) is 7.64. The van der Waals surface area contributed by atoms with Crippen LogP contribution in [0.2, 0.25) is 0 Å². The highest BCUT2D eigenvalue weighted by Crippen LogP contribution is 2.37. The van der Waals surface area contributed by atoms with E-state index in [0.29, 0.717) is 17.9 Å². The molecule has 0 aromatic heterocycles. The Kier molecular flexibility index (Phi) is 7.00. The number of urea groups is 1. The van der Waals surface area contributed by atoms with E-state index in [4.69, 9.17) is 0 Å². The quantitative estimate of drug-likeness (QED) is 0.792. The Morgan fingerprint density at radius 3 is 2.45 bits per heavy atom. The summed E-state index contributed by atoms with van der Waals surface area (Å²) in [7, 11) is -0.812. The van der Waals surface area contributed by atoms with Crippen LogP contribution in [0.15, 0.2) is 0 Å². The molecular formula is C15H30N2O2S. The van der Waals surface area contributed by atoms with Gasteiger partial charge in [0, 0.05) is 35.4 Å². The lowest BCUT2D eigenvalue weighted by Crippen LogP contribution is -2.40. The fraction of sp³-hybridized carbons (Fsp3) is 0.933. The van der Waals surface area contributed by atoms with Crippen LogP contribution in [0.1, 0.15) is 52.9 Å². The summed E-state index contributed by atoms with van der Waals surface area (Å²) in [5.74, 6) is 0.621. The van der Waals surface area contributed by atoms with E-state index in [2.05, 4.69) is 24.5 Å². The van der Waals surface area contributed by atoms with Gasteiger partial charge in [0.15, 0.2) is 0 Å². The van der Waals surface area contributed by atoms with E-state index in [-0.39, 0.29) is 11.3 Å². The van der Waals surface area contributed by atoms with Gasteiger partial charge in [0.2, 0.25) is 0 Å². The first-order chi connectivity index (χ1) is 9.30. The molecule has 1 aliphatic carbocycles. The molecule has 0 bridgehead atoms. The van der Waals surface area contributed by atoms with Crippen molar-refractivity contribution in [1.82, 2.24) is 10.6 Å². The minimum absolute atomic E-state index is 0.0936. The van der Waals surface area contributed by atoms with Crippen LogP contribution >= 0.6 is 0 Å². The molecule has 1 aliphatic rings. The Labute approximate surface area is 125 Å². The van der Waals surface area contributed by atoms with Gasteiger partial charge in [0.25, 0.3) is 0 Å². The Balaban J connectivity index is 2.10. The summed E-state index contributed by atoms with van der Waals surface area (Å²) in [6, 6.07) is -0.0936. The predicted octanol–water partition coefficient (Wildman–Crippen LogP) is 2.66. The van der Waals surface area contributed by atoms with Crippen molar-refractivity contribution >= 4 is 16.8 Å². The molecule has 2 N–H and O–H groups in total. The molecule has 0 heterocycles. The molecule has 0 saturated heterocycles. The lowest BCUT2D eigenvalue weighted by Gasteiger charge is -2.34. The van der Waals surface area contributed by atoms with Gasteiger partial charge in [-0.3, -0.25) is 4.21 Å². The maximum atomic E-state index is 11.7. The molecule has 0 radical (unpaired) electrons. The largest absolute Gasteiger partial charge is 0.338 e. The smallest absolute Gasteiger partial charge is 0.314 e. The molecule has 5 heteroatoms. The standard InChI is InChI=1S/C15H30N2O2S/c1-12(20(4)19)7-10-16-14(18)17-11-13-5-8-15(2,3)9-6-13/h12-13H,5-11H2,1-4H3,(H2,16,17,18)/t12-,20-/m0/s1. The molecular weight excluding hydrogens is 272 g/mol. The molecule has 20 heavy (non-hydrogen) atoms. The summed E-state index contributed by atoms with van der Waals surface area (Å²) < 4.78 is 11.2. The lowest BCUT2D eigenvalue weighted by molar-refractivity contribution is 0.187. The van der Waals surface area contributed by atoms with Gasteiger partial charge in [0.1, 0.15) is 0 Å². The van der Waals surface area contributed by atoms with Crippen molar-refractivity contribution in [2.75, 3.05) is 19.3 Å². The zero-order chi connectivity index (χ0) is 15.2. The second kappa shape index (κ2) is 8.01. The molecule has 0 aromatic rings. The average molecular weight is 302 g/mol. The minimum atomic E-state index is -0.812. The third kappa shape index (κ3) is 6.73. The maximum Gasteiger partial charge on any atom is 0.314 e. The van der Waals surface area contributed by atoms with Crippen molar-refractivity contribution in [2.45, 2.75) is 58.1 Å². The first kappa shape index (κ1) is 17.5. The Morgan fingerprint density at radius 2 is 1.90 bits per heavy atom. The van der Waals surface area contributed by atoms with Crippen molar-refractivity contribution in [2.24, 2.45) is 11.3 Å². The third-order valence-electron chi connectivity index (χ3n) is 4.41. The van der Waals surface area contributed by atoms with E-state index in [0.717, 1.165) is 13.0 Å². The number of amides is 2. The molecule has 2 amide bonds. The van der Waals surface area contributed by atoms with Gasteiger partial charge >= 0.3 is 6.03 Å². The van der Waals surface area contributed by atoms with Crippen molar-refractivity contribution in [3.05, 3.63) is 0 Å². The van der Waals surface area contributed by atoms with Gasteiger partial charge in [0.05, 0.1) is 0 Å². The molecule has 118 valence electrons. The SMILES string of the molecule is C[C@@H](CCNC(=O)NCC1CCC(C)(C)CC1)[S@](C)=O. The summed E-state index contributed by atoms with van der Waals surface area (Å²) in [6.45, 7) is 7.95. The monoisotopic (exact) mass is 302 g/mol. The maximum absolute atomic E-state index is 11.7. The number of hydrogen-bond acceptors (Lipinski definition) is 2. The summed E-state index contributed by atoms with van der Waals surface area (Å²) >= 11 is 0. The van der Waals surface area contributed by atoms with Crippen LogP contribution in [0, 0.1) is 11.3 Å². The zero-order valence-electron chi connectivity index (χ0n) is 13.3. The highest BCUT2D eigenvalue weighted by atomic mass is 32.2. The van der Waals surface area contributed by atoms with E-state index in [9.17, 15) is 9.00 Å². The average Bonchev–Trinajstić information content (AvgIpc) is 2.37. The fourth-order valence-corrected chi connectivity index (χ4v) is 2.97. The van der Waals surface area contributed by atoms with Crippen LogP contribution in [0.25, 0.3) is 0 Å². The number of nitrogens with one attached hydrogen (secondary N) is 2. The van der Waals surface area contributed by atoms with Gasteiger partial charge in [-0.1, -0.05) is 20.8 Å². The highest BCUT2D eigenvalue weighted by Gasteiger charge is 2.26. The third-order valence-corrected chi connectivity index (χ3v) is 5.78. The Bertz CT molecular complexity index is 335. The summed E-state index contributed by atoms with van der Waals surface area (Å²) in [5, 5.41) is 5.93. The number of rotatable bonds is 6.